The standard InChI is InChI=1S/C25H40N2O5/c1-2-3-4-10-15-30-16-11-8-6-5-7-9-12-21-17-20-18-27(25(29)26-24(20)32-21)23-14-13-22(19-28)31-23/h17-18,22-23,28H,2-16,19H2,1H3/t22-,23+/m1/s1. The first-order chi connectivity index (χ1) is 15.7. The number of furan rings is 1. The zero-order valence-electron chi connectivity index (χ0n) is 19.6. The summed E-state index contributed by atoms with van der Waals surface area (Å²) in [6, 6.07) is 1.98. The summed E-state index contributed by atoms with van der Waals surface area (Å²) in [6.07, 6.45) is 15.7. The Labute approximate surface area is 191 Å². The predicted octanol–water partition coefficient (Wildman–Crippen LogP) is 5.14. The number of hydrogen-bond acceptors (Lipinski definition) is 6. The maximum Gasteiger partial charge on any atom is 0.353 e. The Balaban J connectivity index is 1.31. The van der Waals surface area contributed by atoms with Crippen LogP contribution >= 0.6 is 0 Å². The normalized spacial score (nSPS) is 18.7. The van der Waals surface area contributed by atoms with Gasteiger partial charge in [0.1, 0.15) is 12.0 Å². The van der Waals surface area contributed by atoms with Gasteiger partial charge in [-0.25, -0.2) is 4.79 Å². The van der Waals surface area contributed by atoms with Crippen LogP contribution in [0.3, 0.4) is 0 Å². The molecule has 32 heavy (non-hydrogen) atoms. The predicted molar refractivity (Wildman–Crippen MR) is 125 cm³/mol. The van der Waals surface area contributed by atoms with E-state index in [1.54, 1.807) is 6.20 Å². The molecule has 1 aliphatic rings. The fourth-order valence-corrected chi connectivity index (χ4v) is 4.28. The van der Waals surface area contributed by atoms with E-state index in [2.05, 4.69) is 11.9 Å². The zero-order valence-corrected chi connectivity index (χ0v) is 19.6. The van der Waals surface area contributed by atoms with E-state index in [9.17, 15) is 9.90 Å². The Kier molecular flexibility index (Phi) is 10.7. The van der Waals surface area contributed by atoms with Crippen LogP contribution in [0, 0.1) is 0 Å². The van der Waals surface area contributed by atoms with Gasteiger partial charge in [0.25, 0.3) is 0 Å². The second-order valence-corrected chi connectivity index (χ2v) is 8.92. The summed E-state index contributed by atoms with van der Waals surface area (Å²) in [6.45, 7) is 4.02. The van der Waals surface area contributed by atoms with Gasteiger partial charge in [-0.05, 0) is 38.2 Å². The van der Waals surface area contributed by atoms with Crippen molar-refractivity contribution < 1.29 is 19.0 Å². The van der Waals surface area contributed by atoms with Crippen LogP contribution in [0.15, 0.2) is 21.5 Å². The number of rotatable bonds is 16. The second-order valence-electron chi connectivity index (χ2n) is 8.92. The first kappa shape index (κ1) is 24.9. The van der Waals surface area contributed by atoms with Crippen LogP contribution in [0.25, 0.3) is 11.1 Å². The van der Waals surface area contributed by atoms with Gasteiger partial charge in [0.05, 0.1) is 18.1 Å². The number of nitrogens with zero attached hydrogens (tertiary/aromatic N) is 2. The smallest absolute Gasteiger partial charge is 0.353 e. The van der Waals surface area contributed by atoms with Crippen molar-refractivity contribution in [3.8, 4) is 0 Å². The Morgan fingerprint density at radius 1 is 1.06 bits per heavy atom. The molecule has 1 aliphatic heterocycles. The topological polar surface area (TPSA) is 86.7 Å². The van der Waals surface area contributed by atoms with Gasteiger partial charge >= 0.3 is 5.69 Å². The average Bonchev–Trinajstić information content (AvgIpc) is 3.42. The van der Waals surface area contributed by atoms with Crippen LogP contribution in [-0.2, 0) is 15.9 Å². The molecular formula is C25H40N2O5. The number of ether oxygens (including phenoxy) is 2. The van der Waals surface area contributed by atoms with E-state index >= 15 is 0 Å². The number of unbranched alkanes of at least 4 members (excludes halogenated alkanes) is 8. The van der Waals surface area contributed by atoms with E-state index in [0.717, 1.165) is 50.0 Å². The Hall–Kier alpha value is -1.70. The van der Waals surface area contributed by atoms with Crippen LogP contribution in [0.1, 0.15) is 96.0 Å². The minimum absolute atomic E-state index is 0.0241. The van der Waals surface area contributed by atoms with E-state index < -0.39 is 0 Å². The summed E-state index contributed by atoms with van der Waals surface area (Å²) in [5.41, 5.74) is 0.0274. The van der Waals surface area contributed by atoms with Gasteiger partial charge in [-0.15, -0.1) is 0 Å². The van der Waals surface area contributed by atoms with Crippen LogP contribution in [0.4, 0.5) is 0 Å². The highest BCUT2D eigenvalue weighted by Crippen LogP contribution is 2.28. The fraction of sp³-hybridized carbons (Fsp3) is 0.760. The number of aliphatic hydroxyl groups is 1. The van der Waals surface area contributed by atoms with E-state index in [-0.39, 0.29) is 24.6 Å². The maximum atomic E-state index is 12.4. The van der Waals surface area contributed by atoms with Gasteiger partial charge in [-0.3, -0.25) is 4.57 Å². The van der Waals surface area contributed by atoms with Gasteiger partial charge in [-0.1, -0.05) is 51.9 Å². The number of aromatic nitrogens is 2. The van der Waals surface area contributed by atoms with Crippen LogP contribution in [-0.4, -0.2) is 40.6 Å². The summed E-state index contributed by atoms with van der Waals surface area (Å²) in [5, 5.41) is 10.1. The zero-order chi connectivity index (χ0) is 22.6. The molecule has 3 heterocycles. The molecule has 1 fully saturated rings. The van der Waals surface area contributed by atoms with Crippen molar-refractivity contribution in [2.45, 2.75) is 103 Å². The molecule has 0 bridgehead atoms. The Morgan fingerprint density at radius 3 is 2.50 bits per heavy atom. The third kappa shape index (κ3) is 7.71. The molecule has 0 radical (unpaired) electrons. The highest BCUT2D eigenvalue weighted by molar-refractivity contribution is 5.72. The molecule has 0 amide bonds. The monoisotopic (exact) mass is 448 g/mol. The minimum atomic E-state index is -0.369. The molecule has 0 aliphatic carbocycles. The molecule has 7 nitrogen and oxygen atoms in total. The van der Waals surface area contributed by atoms with E-state index in [4.69, 9.17) is 13.9 Å². The molecule has 3 rings (SSSR count). The number of aryl methyl sites for hydroxylation is 1. The van der Waals surface area contributed by atoms with E-state index in [1.165, 1.54) is 55.9 Å². The van der Waals surface area contributed by atoms with Crippen molar-refractivity contribution >= 4 is 11.1 Å². The third-order valence-corrected chi connectivity index (χ3v) is 6.19. The molecule has 2 atom stereocenters. The van der Waals surface area contributed by atoms with Gasteiger partial charge in [0.2, 0.25) is 5.71 Å². The molecular weight excluding hydrogens is 408 g/mol. The molecule has 180 valence electrons. The molecule has 1 saturated heterocycles. The van der Waals surface area contributed by atoms with Crippen molar-refractivity contribution in [2.24, 2.45) is 0 Å². The van der Waals surface area contributed by atoms with Crippen LogP contribution in [0.5, 0.6) is 0 Å². The summed E-state index contributed by atoms with van der Waals surface area (Å²) in [7, 11) is 0. The Bertz CT molecular complexity index is 846. The van der Waals surface area contributed by atoms with Crippen molar-refractivity contribution in [3.63, 3.8) is 0 Å². The summed E-state index contributed by atoms with van der Waals surface area (Å²) in [5.74, 6) is 0.877. The fourth-order valence-electron chi connectivity index (χ4n) is 4.28. The first-order valence-corrected chi connectivity index (χ1v) is 12.6. The van der Waals surface area contributed by atoms with Crippen molar-refractivity contribution in [1.29, 1.82) is 0 Å². The summed E-state index contributed by atoms with van der Waals surface area (Å²) < 4.78 is 18.7. The van der Waals surface area contributed by atoms with Crippen LogP contribution in [0.2, 0.25) is 0 Å². The molecule has 0 spiro atoms. The lowest BCUT2D eigenvalue weighted by atomic mass is 10.1. The summed E-state index contributed by atoms with van der Waals surface area (Å²) in [4.78, 5) is 16.4. The molecule has 1 N–H and O–H groups in total. The van der Waals surface area contributed by atoms with Gasteiger partial charge in [0.15, 0.2) is 0 Å². The largest absolute Gasteiger partial charge is 0.443 e. The minimum Gasteiger partial charge on any atom is -0.443 e. The van der Waals surface area contributed by atoms with Crippen molar-refractivity contribution in [1.82, 2.24) is 9.55 Å². The van der Waals surface area contributed by atoms with Gasteiger partial charge in [0, 0.05) is 25.8 Å². The molecule has 2 aromatic rings. The number of hydrogen-bond donors (Lipinski definition) is 1. The third-order valence-electron chi connectivity index (χ3n) is 6.19. The average molecular weight is 449 g/mol. The molecule has 0 aromatic carbocycles. The van der Waals surface area contributed by atoms with E-state index in [0.29, 0.717) is 12.1 Å². The molecule has 7 heteroatoms. The van der Waals surface area contributed by atoms with Crippen LogP contribution < -0.4 is 5.69 Å². The van der Waals surface area contributed by atoms with Crippen molar-refractivity contribution in [2.75, 3.05) is 19.8 Å². The lowest BCUT2D eigenvalue weighted by Crippen LogP contribution is -2.27. The number of fused-ring (bicyclic) bond motifs is 1. The van der Waals surface area contributed by atoms with Gasteiger partial charge < -0.3 is 19.0 Å². The highest BCUT2D eigenvalue weighted by Gasteiger charge is 2.27. The summed E-state index contributed by atoms with van der Waals surface area (Å²) >= 11 is 0. The Morgan fingerprint density at radius 2 is 1.78 bits per heavy atom. The van der Waals surface area contributed by atoms with Gasteiger partial charge in [-0.2, -0.15) is 4.98 Å². The molecule has 0 saturated carbocycles. The SMILES string of the molecule is CCCCCCOCCCCCCCCc1cc2cn([C@@H]3CC[C@H](CO)O3)c(=O)nc2o1. The molecule has 0 unspecified atom stereocenters. The van der Waals surface area contributed by atoms with Crippen molar-refractivity contribution in [3.05, 3.63) is 28.5 Å². The quantitative estimate of drug-likeness (QED) is 0.358. The second kappa shape index (κ2) is 13.8. The lowest BCUT2D eigenvalue weighted by Gasteiger charge is -2.14. The highest BCUT2D eigenvalue weighted by atomic mass is 16.5. The maximum absolute atomic E-state index is 12.4. The first-order valence-electron chi connectivity index (χ1n) is 12.6. The number of aliphatic hydroxyl groups excluding tert-OH is 1. The molecule has 2 aromatic heterocycles. The lowest BCUT2D eigenvalue weighted by molar-refractivity contribution is -0.0243. The van der Waals surface area contributed by atoms with E-state index in [1.807, 2.05) is 6.07 Å².